The zero-order valence-corrected chi connectivity index (χ0v) is 6.38. The number of hydrogen-bond donors (Lipinski definition) is 1. The molecule has 1 rings (SSSR count). The number of rotatable bonds is 0. The molecule has 4 nitrogen and oxygen atoms in total. The SMILES string of the molecule is CN1C=NNC(C)(C)C1=O. The molecule has 10 heavy (non-hydrogen) atoms. The van der Waals surface area contributed by atoms with E-state index in [1.54, 1.807) is 20.9 Å². The van der Waals surface area contributed by atoms with Gasteiger partial charge in [0, 0.05) is 7.05 Å². The van der Waals surface area contributed by atoms with Crippen molar-refractivity contribution in [1.82, 2.24) is 10.3 Å². The summed E-state index contributed by atoms with van der Waals surface area (Å²) < 4.78 is 0. The Bertz CT molecular complexity index is 185. The third-order valence-corrected chi connectivity index (χ3v) is 1.43. The van der Waals surface area contributed by atoms with Crippen LogP contribution in [0.15, 0.2) is 5.10 Å². The highest BCUT2D eigenvalue weighted by Crippen LogP contribution is 2.08. The van der Waals surface area contributed by atoms with Gasteiger partial charge in [0.2, 0.25) is 0 Å². The average molecular weight is 141 g/mol. The fourth-order valence-corrected chi connectivity index (χ4v) is 0.818. The van der Waals surface area contributed by atoms with Gasteiger partial charge in [-0.1, -0.05) is 0 Å². The lowest BCUT2D eigenvalue weighted by Crippen LogP contribution is -2.54. The van der Waals surface area contributed by atoms with E-state index in [0.717, 1.165) is 0 Å². The Labute approximate surface area is 59.9 Å². The second-order valence-electron chi connectivity index (χ2n) is 2.90. The van der Waals surface area contributed by atoms with E-state index in [9.17, 15) is 4.79 Å². The normalized spacial score (nSPS) is 22.7. The smallest absolute Gasteiger partial charge is 0.254 e. The Morgan fingerprint density at radius 2 is 2.30 bits per heavy atom. The summed E-state index contributed by atoms with van der Waals surface area (Å²) in [5, 5.41) is 3.79. The molecule has 0 fully saturated rings. The van der Waals surface area contributed by atoms with Gasteiger partial charge < -0.3 is 4.90 Å². The van der Waals surface area contributed by atoms with Crippen molar-refractivity contribution in [3.05, 3.63) is 0 Å². The molecule has 0 aromatic rings. The Balaban J connectivity index is 2.85. The van der Waals surface area contributed by atoms with Gasteiger partial charge in [0.05, 0.1) is 0 Å². The summed E-state index contributed by atoms with van der Waals surface area (Å²) in [6.45, 7) is 3.59. The molecule has 1 amide bonds. The minimum atomic E-state index is -0.552. The summed E-state index contributed by atoms with van der Waals surface area (Å²) in [4.78, 5) is 12.7. The number of amides is 1. The Kier molecular flexibility index (Phi) is 1.39. The fourth-order valence-electron chi connectivity index (χ4n) is 0.818. The van der Waals surface area contributed by atoms with Gasteiger partial charge in [0.15, 0.2) is 0 Å². The van der Waals surface area contributed by atoms with E-state index >= 15 is 0 Å². The molecule has 0 aromatic heterocycles. The van der Waals surface area contributed by atoms with Gasteiger partial charge in [-0.2, -0.15) is 5.10 Å². The lowest BCUT2D eigenvalue weighted by atomic mass is 10.1. The summed E-state index contributed by atoms with van der Waals surface area (Å²) in [6.07, 6.45) is 1.47. The van der Waals surface area contributed by atoms with Crippen molar-refractivity contribution in [2.75, 3.05) is 7.05 Å². The molecular weight excluding hydrogens is 130 g/mol. The number of carbonyl (C=O) groups is 1. The minimum absolute atomic E-state index is 0.0301. The minimum Gasteiger partial charge on any atom is -0.303 e. The third kappa shape index (κ3) is 0.964. The number of hydrogen-bond acceptors (Lipinski definition) is 3. The molecule has 0 atom stereocenters. The van der Waals surface area contributed by atoms with Gasteiger partial charge in [-0.05, 0) is 13.8 Å². The van der Waals surface area contributed by atoms with E-state index in [1.165, 1.54) is 11.2 Å². The van der Waals surface area contributed by atoms with Gasteiger partial charge in [-0.25, -0.2) is 0 Å². The molecule has 0 radical (unpaired) electrons. The van der Waals surface area contributed by atoms with E-state index in [0.29, 0.717) is 0 Å². The molecule has 0 saturated carbocycles. The number of hydrazone groups is 1. The highest BCUT2D eigenvalue weighted by molar-refractivity contribution is 5.95. The topological polar surface area (TPSA) is 44.7 Å². The van der Waals surface area contributed by atoms with Crippen molar-refractivity contribution in [2.45, 2.75) is 19.4 Å². The van der Waals surface area contributed by atoms with Crippen LogP contribution in [0.5, 0.6) is 0 Å². The van der Waals surface area contributed by atoms with Crippen molar-refractivity contribution in [3.8, 4) is 0 Å². The molecular formula is C6H11N3O. The third-order valence-electron chi connectivity index (χ3n) is 1.43. The van der Waals surface area contributed by atoms with E-state index in [1.807, 2.05) is 0 Å². The molecule has 4 heteroatoms. The molecule has 1 N–H and O–H groups in total. The second kappa shape index (κ2) is 1.97. The zero-order valence-electron chi connectivity index (χ0n) is 6.38. The van der Waals surface area contributed by atoms with Crippen LogP contribution in [0.1, 0.15) is 13.8 Å². The second-order valence-corrected chi connectivity index (χ2v) is 2.90. The highest BCUT2D eigenvalue weighted by atomic mass is 16.2. The largest absolute Gasteiger partial charge is 0.303 e. The number of likely N-dealkylation sites (N-methyl/N-ethyl adjacent to an activating group) is 1. The summed E-state index contributed by atoms with van der Waals surface area (Å²) >= 11 is 0. The van der Waals surface area contributed by atoms with Gasteiger partial charge in [0.1, 0.15) is 11.9 Å². The first-order valence-corrected chi connectivity index (χ1v) is 3.11. The molecule has 1 aliphatic heterocycles. The van der Waals surface area contributed by atoms with Crippen LogP contribution in [0.3, 0.4) is 0 Å². The van der Waals surface area contributed by atoms with Crippen LogP contribution in [0.4, 0.5) is 0 Å². The maximum atomic E-state index is 11.2. The maximum Gasteiger partial charge on any atom is 0.254 e. The number of carbonyl (C=O) groups excluding carboxylic acids is 1. The predicted molar refractivity (Wildman–Crippen MR) is 38.5 cm³/mol. The first-order chi connectivity index (χ1) is 4.54. The summed E-state index contributed by atoms with van der Waals surface area (Å²) in [5.41, 5.74) is 2.16. The number of nitrogens with one attached hydrogen (secondary N) is 1. The summed E-state index contributed by atoms with van der Waals surface area (Å²) in [7, 11) is 1.69. The van der Waals surface area contributed by atoms with Crippen molar-refractivity contribution in [2.24, 2.45) is 5.10 Å². The van der Waals surface area contributed by atoms with E-state index < -0.39 is 5.54 Å². The van der Waals surface area contributed by atoms with Gasteiger partial charge in [-0.15, -0.1) is 0 Å². The molecule has 0 spiro atoms. The van der Waals surface area contributed by atoms with Gasteiger partial charge in [0.25, 0.3) is 5.91 Å². The van der Waals surface area contributed by atoms with Crippen LogP contribution >= 0.6 is 0 Å². The molecule has 0 unspecified atom stereocenters. The first kappa shape index (κ1) is 7.05. The monoisotopic (exact) mass is 141 g/mol. The first-order valence-electron chi connectivity index (χ1n) is 3.11. The van der Waals surface area contributed by atoms with Crippen molar-refractivity contribution in [1.29, 1.82) is 0 Å². The van der Waals surface area contributed by atoms with Crippen LogP contribution in [0.2, 0.25) is 0 Å². The van der Waals surface area contributed by atoms with Gasteiger partial charge in [-0.3, -0.25) is 10.2 Å². The highest BCUT2D eigenvalue weighted by Gasteiger charge is 2.31. The van der Waals surface area contributed by atoms with E-state index in [4.69, 9.17) is 0 Å². The van der Waals surface area contributed by atoms with E-state index in [2.05, 4.69) is 10.5 Å². The molecule has 0 aliphatic carbocycles. The Hall–Kier alpha value is -1.06. The Morgan fingerprint density at radius 1 is 1.70 bits per heavy atom. The molecule has 1 heterocycles. The van der Waals surface area contributed by atoms with Crippen molar-refractivity contribution >= 4 is 12.2 Å². The molecule has 0 saturated heterocycles. The average Bonchev–Trinajstić information content (AvgIpc) is 1.83. The maximum absolute atomic E-state index is 11.2. The zero-order chi connectivity index (χ0) is 7.78. The van der Waals surface area contributed by atoms with Crippen LogP contribution in [0, 0.1) is 0 Å². The van der Waals surface area contributed by atoms with Gasteiger partial charge >= 0.3 is 0 Å². The van der Waals surface area contributed by atoms with Crippen LogP contribution in [-0.2, 0) is 4.79 Å². The predicted octanol–water partition coefficient (Wildman–Crippen LogP) is -0.230. The summed E-state index contributed by atoms with van der Waals surface area (Å²) in [6, 6.07) is 0. The quantitative estimate of drug-likeness (QED) is 0.506. The molecule has 0 aromatic carbocycles. The molecule has 0 bridgehead atoms. The van der Waals surface area contributed by atoms with Crippen molar-refractivity contribution < 1.29 is 4.79 Å². The van der Waals surface area contributed by atoms with Crippen LogP contribution in [-0.4, -0.2) is 29.7 Å². The number of nitrogens with zero attached hydrogens (tertiary/aromatic N) is 2. The van der Waals surface area contributed by atoms with Crippen molar-refractivity contribution in [3.63, 3.8) is 0 Å². The van der Waals surface area contributed by atoms with Crippen LogP contribution < -0.4 is 5.43 Å². The molecule has 1 aliphatic rings. The fraction of sp³-hybridized carbons (Fsp3) is 0.667. The Morgan fingerprint density at radius 3 is 2.70 bits per heavy atom. The van der Waals surface area contributed by atoms with Crippen LogP contribution in [0.25, 0.3) is 0 Å². The summed E-state index contributed by atoms with van der Waals surface area (Å²) in [5.74, 6) is 0.0301. The lowest BCUT2D eigenvalue weighted by Gasteiger charge is -2.30. The lowest BCUT2D eigenvalue weighted by molar-refractivity contribution is -0.132. The van der Waals surface area contributed by atoms with E-state index in [-0.39, 0.29) is 5.91 Å². The standard InChI is InChI=1S/C6H11N3O/c1-6(2)5(10)9(3)4-7-8-6/h4,8H,1-3H3. The molecule has 56 valence electrons.